The Morgan fingerprint density at radius 2 is 1.96 bits per heavy atom. The Labute approximate surface area is 153 Å². The molecule has 0 radical (unpaired) electrons. The summed E-state index contributed by atoms with van der Waals surface area (Å²) >= 11 is 0. The van der Waals surface area contributed by atoms with Crippen molar-refractivity contribution in [3.63, 3.8) is 0 Å². The lowest BCUT2D eigenvalue weighted by molar-refractivity contribution is -0.162. The van der Waals surface area contributed by atoms with Gasteiger partial charge >= 0.3 is 11.9 Å². The van der Waals surface area contributed by atoms with Crippen LogP contribution in [-0.2, 0) is 23.9 Å². The minimum Gasteiger partial charge on any atom is -0.459 e. The topological polar surface area (TPSA) is 89.9 Å². The normalized spacial score (nSPS) is 44.0. The summed E-state index contributed by atoms with van der Waals surface area (Å²) < 4.78 is 11.2. The minimum atomic E-state index is -1.03. The monoisotopic (exact) mass is 362 g/mol. The second-order valence-corrected chi connectivity index (χ2v) is 8.23. The minimum absolute atomic E-state index is 0.149. The van der Waals surface area contributed by atoms with Gasteiger partial charge in [-0.05, 0) is 38.7 Å². The van der Waals surface area contributed by atoms with E-state index < -0.39 is 47.5 Å². The van der Waals surface area contributed by atoms with E-state index in [1.54, 1.807) is 33.8 Å². The zero-order valence-electron chi connectivity index (χ0n) is 15.8. The van der Waals surface area contributed by atoms with Gasteiger partial charge in [0.15, 0.2) is 5.78 Å². The first-order valence-corrected chi connectivity index (χ1v) is 9.05. The van der Waals surface area contributed by atoms with Crippen molar-refractivity contribution in [1.29, 1.82) is 0 Å². The zero-order valence-corrected chi connectivity index (χ0v) is 15.8. The average Bonchev–Trinajstić information content (AvgIpc) is 2.99. The Balaban J connectivity index is 2.11. The van der Waals surface area contributed by atoms with Gasteiger partial charge in [0.2, 0.25) is 0 Å². The zero-order chi connectivity index (χ0) is 19.4. The number of esters is 2. The number of allylic oxidation sites excluding steroid dienone is 3. The van der Waals surface area contributed by atoms with Gasteiger partial charge in [-0.25, -0.2) is 4.79 Å². The molecule has 142 valence electrons. The number of fused-ring (bicyclic) bond motifs is 2. The Morgan fingerprint density at radius 1 is 1.31 bits per heavy atom. The van der Waals surface area contributed by atoms with E-state index in [1.165, 1.54) is 12.2 Å². The highest BCUT2D eigenvalue weighted by Crippen LogP contribution is 2.54. The maximum absolute atomic E-state index is 12.8. The number of aliphatic hydroxyl groups excluding tert-OH is 1. The highest BCUT2D eigenvalue weighted by Gasteiger charge is 2.65. The molecule has 6 nitrogen and oxygen atoms in total. The molecule has 6 heteroatoms. The molecule has 1 aliphatic heterocycles. The molecular formula is C20H26O6. The predicted octanol–water partition coefficient (Wildman–Crippen LogP) is 1.81. The first-order chi connectivity index (χ1) is 12.1. The standard InChI is InChI=1S/C20H26O6/c1-9(2)8-14(22)25-18-15-11(4)19(24)26-17(15)16(23)10(3)12-6-7-13(21)20(12,18)5/h6-8,10-12,15-18,23H,1-5H3/t10-,11+,12-,15-,16-,17+,18-,20-/m1/s1. The fraction of sp³-hybridized carbons (Fsp3) is 0.650. The summed E-state index contributed by atoms with van der Waals surface area (Å²) in [6.45, 7) is 8.86. The predicted molar refractivity (Wildman–Crippen MR) is 92.8 cm³/mol. The molecular weight excluding hydrogens is 336 g/mol. The lowest BCUT2D eigenvalue weighted by Crippen LogP contribution is -2.50. The van der Waals surface area contributed by atoms with Crippen molar-refractivity contribution in [2.45, 2.75) is 52.9 Å². The number of hydrogen-bond acceptors (Lipinski definition) is 6. The molecule has 1 N–H and O–H groups in total. The first-order valence-electron chi connectivity index (χ1n) is 9.05. The van der Waals surface area contributed by atoms with Crippen LogP contribution in [-0.4, -0.2) is 41.1 Å². The van der Waals surface area contributed by atoms with Crippen molar-refractivity contribution < 1.29 is 29.0 Å². The molecule has 0 aromatic heterocycles. The summed E-state index contributed by atoms with van der Waals surface area (Å²) in [5, 5.41) is 10.8. The van der Waals surface area contributed by atoms with Crippen LogP contribution in [0.3, 0.4) is 0 Å². The van der Waals surface area contributed by atoms with E-state index in [0.29, 0.717) is 0 Å². The summed E-state index contributed by atoms with van der Waals surface area (Å²) in [6, 6.07) is 0. The van der Waals surface area contributed by atoms with Gasteiger partial charge in [-0.3, -0.25) is 9.59 Å². The fourth-order valence-corrected chi connectivity index (χ4v) is 4.79. The highest BCUT2D eigenvalue weighted by atomic mass is 16.6. The maximum Gasteiger partial charge on any atom is 0.330 e. The molecule has 0 amide bonds. The molecule has 3 aliphatic rings. The molecule has 1 saturated carbocycles. The van der Waals surface area contributed by atoms with E-state index in [-0.39, 0.29) is 17.6 Å². The van der Waals surface area contributed by atoms with Gasteiger partial charge < -0.3 is 14.6 Å². The van der Waals surface area contributed by atoms with E-state index in [0.717, 1.165) is 5.57 Å². The molecule has 3 rings (SSSR count). The third-order valence-corrected chi connectivity index (χ3v) is 6.29. The van der Waals surface area contributed by atoms with Crippen LogP contribution in [0.4, 0.5) is 0 Å². The maximum atomic E-state index is 12.8. The number of ether oxygens (including phenoxy) is 2. The Kier molecular flexibility index (Phi) is 4.59. The summed E-state index contributed by atoms with van der Waals surface area (Å²) in [6.07, 6.45) is 2.07. The third-order valence-electron chi connectivity index (χ3n) is 6.29. The van der Waals surface area contributed by atoms with Crippen molar-refractivity contribution in [2.24, 2.45) is 29.1 Å². The highest BCUT2D eigenvalue weighted by molar-refractivity contribution is 5.98. The number of aliphatic hydroxyl groups is 1. The number of rotatable bonds is 2. The van der Waals surface area contributed by atoms with Crippen LogP contribution in [0, 0.1) is 29.1 Å². The van der Waals surface area contributed by atoms with Crippen LogP contribution in [0.2, 0.25) is 0 Å². The molecule has 2 aliphatic carbocycles. The molecule has 0 unspecified atom stereocenters. The third kappa shape index (κ3) is 2.62. The van der Waals surface area contributed by atoms with Crippen LogP contribution in [0.15, 0.2) is 23.8 Å². The van der Waals surface area contributed by atoms with E-state index in [4.69, 9.17) is 9.47 Å². The van der Waals surface area contributed by atoms with Gasteiger partial charge in [0.25, 0.3) is 0 Å². The number of ketones is 1. The smallest absolute Gasteiger partial charge is 0.330 e. The van der Waals surface area contributed by atoms with Crippen molar-refractivity contribution in [2.75, 3.05) is 0 Å². The molecule has 26 heavy (non-hydrogen) atoms. The molecule has 0 spiro atoms. The van der Waals surface area contributed by atoms with E-state index >= 15 is 0 Å². The van der Waals surface area contributed by atoms with Crippen LogP contribution in [0.25, 0.3) is 0 Å². The van der Waals surface area contributed by atoms with Gasteiger partial charge in [-0.15, -0.1) is 0 Å². The molecule has 1 saturated heterocycles. The molecule has 0 bridgehead atoms. The second kappa shape index (κ2) is 6.34. The number of hydrogen-bond donors (Lipinski definition) is 1. The number of carbonyl (C=O) groups excluding carboxylic acids is 3. The van der Waals surface area contributed by atoms with Crippen molar-refractivity contribution >= 4 is 17.7 Å². The summed E-state index contributed by atoms with van der Waals surface area (Å²) in [5.74, 6) is -2.90. The van der Waals surface area contributed by atoms with Gasteiger partial charge in [0.1, 0.15) is 12.2 Å². The Hall–Kier alpha value is -1.95. The molecule has 0 aromatic carbocycles. The Bertz CT molecular complexity index is 703. The molecule has 8 atom stereocenters. The van der Waals surface area contributed by atoms with E-state index in [2.05, 4.69) is 0 Å². The first kappa shape index (κ1) is 18.8. The second-order valence-electron chi connectivity index (χ2n) is 8.23. The SMILES string of the molecule is CC(C)=CC(=O)O[C@@H]1[C@H]2[C@H](OC(=O)[C@H]2C)[C@H](O)[C@H](C)[C@H]2C=CC(=O)[C@@]21C. The van der Waals surface area contributed by atoms with Crippen LogP contribution in [0.1, 0.15) is 34.6 Å². The van der Waals surface area contributed by atoms with Gasteiger partial charge in [0.05, 0.1) is 17.4 Å². The van der Waals surface area contributed by atoms with Crippen molar-refractivity contribution in [3.8, 4) is 0 Å². The molecule has 0 aromatic rings. The summed E-state index contributed by atoms with van der Waals surface area (Å²) in [4.78, 5) is 37.4. The van der Waals surface area contributed by atoms with Crippen LogP contribution >= 0.6 is 0 Å². The summed E-state index contributed by atoms with van der Waals surface area (Å²) in [5.41, 5.74) is -0.259. The quantitative estimate of drug-likeness (QED) is 0.595. The van der Waals surface area contributed by atoms with Gasteiger partial charge in [-0.2, -0.15) is 0 Å². The van der Waals surface area contributed by atoms with Crippen LogP contribution in [0.5, 0.6) is 0 Å². The lowest BCUT2D eigenvalue weighted by atomic mass is 9.66. The van der Waals surface area contributed by atoms with Gasteiger partial charge in [0, 0.05) is 12.0 Å². The van der Waals surface area contributed by atoms with E-state index in [1.807, 2.05) is 6.92 Å². The van der Waals surface area contributed by atoms with Gasteiger partial charge in [-0.1, -0.05) is 25.5 Å². The van der Waals surface area contributed by atoms with Crippen molar-refractivity contribution in [3.05, 3.63) is 23.8 Å². The average molecular weight is 362 g/mol. The fourth-order valence-electron chi connectivity index (χ4n) is 4.79. The molecule has 2 fully saturated rings. The van der Waals surface area contributed by atoms with Crippen molar-refractivity contribution in [1.82, 2.24) is 0 Å². The van der Waals surface area contributed by atoms with Crippen LogP contribution < -0.4 is 0 Å². The largest absolute Gasteiger partial charge is 0.459 e. The lowest BCUT2D eigenvalue weighted by Gasteiger charge is -2.40. The number of carbonyl (C=O) groups is 3. The summed E-state index contributed by atoms with van der Waals surface area (Å²) in [7, 11) is 0. The Morgan fingerprint density at radius 3 is 2.58 bits per heavy atom. The molecule has 1 heterocycles. The van der Waals surface area contributed by atoms with E-state index in [9.17, 15) is 19.5 Å².